The maximum absolute atomic E-state index is 13.3. The molecule has 16 nitrogen and oxygen atoms in total. The fraction of sp³-hybridized carbons (Fsp3) is 0.320. The Kier molecular flexibility index (Phi) is 10.1. The summed E-state index contributed by atoms with van der Waals surface area (Å²) in [6.07, 6.45) is 3.02. The number of primary amides is 2. The van der Waals surface area contributed by atoms with E-state index >= 15 is 0 Å². The van der Waals surface area contributed by atoms with Gasteiger partial charge in [-0.3, -0.25) is 24.0 Å². The molecule has 218 valence electrons. The largest absolute Gasteiger partial charge is 0.480 e. The normalized spacial score (nSPS) is 13.9. The number of aliphatic carboxylic acids is 1. The van der Waals surface area contributed by atoms with Gasteiger partial charge in [-0.1, -0.05) is 18.2 Å². The molecule has 3 rings (SSSR count). The number of carbonyl (C=O) groups is 6. The highest BCUT2D eigenvalue weighted by Gasteiger charge is 2.32. The third kappa shape index (κ3) is 8.62. The highest BCUT2D eigenvalue weighted by atomic mass is 16.4. The lowest BCUT2D eigenvalue weighted by Gasteiger charge is -2.24. The molecule has 0 aliphatic rings. The number of amides is 5. The van der Waals surface area contributed by atoms with E-state index in [1.54, 1.807) is 12.3 Å². The first-order chi connectivity index (χ1) is 19.4. The third-order valence-electron chi connectivity index (χ3n) is 6.12. The summed E-state index contributed by atoms with van der Waals surface area (Å²) in [6.45, 7) is 0. The minimum atomic E-state index is -1.56. The first-order valence-corrected chi connectivity index (χ1v) is 12.4. The van der Waals surface area contributed by atoms with E-state index in [0.717, 1.165) is 10.9 Å². The molecule has 0 aliphatic carbocycles. The number of aromatic nitrogens is 3. The molecule has 16 heteroatoms. The van der Waals surface area contributed by atoms with Crippen LogP contribution in [0.2, 0.25) is 0 Å². The lowest BCUT2D eigenvalue weighted by molar-refractivity contribution is -0.142. The molecule has 0 aliphatic heterocycles. The van der Waals surface area contributed by atoms with Crippen molar-refractivity contribution < 1.29 is 33.9 Å². The van der Waals surface area contributed by atoms with E-state index in [0.29, 0.717) is 11.3 Å². The van der Waals surface area contributed by atoms with Crippen LogP contribution in [0.25, 0.3) is 10.9 Å². The number of H-pyrrole nitrogens is 2. The van der Waals surface area contributed by atoms with Crippen LogP contribution in [0.1, 0.15) is 24.1 Å². The molecule has 0 saturated carbocycles. The summed E-state index contributed by atoms with van der Waals surface area (Å²) in [6, 6.07) is 1.57. The molecule has 41 heavy (non-hydrogen) atoms. The standard InChI is InChI=1S/C25H31N9O7/c26-15(7-20(27)35)22(37)32-18(8-21(28)36)24(39)33-17(6-13-10-29-11-31-13)23(38)34-19(25(40)41)5-12-9-30-16-4-2-1-3-14(12)16/h1-4,9-11,15,17-19,30H,5-8,26H2,(H2,27,35)(H2,28,36)(H,29,31)(H,32,37)(H,33,39)(H,34,38)(H,40,41). The number of nitrogens with two attached hydrogens (primary N) is 3. The fourth-order valence-electron chi connectivity index (χ4n) is 4.09. The highest BCUT2D eigenvalue weighted by molar-refractivity contribution is 5.97. The number of carboxylic acid groups (broad SMARTS) is 1. The van der Waals surface area contributed by atoms with Crippen molar-refractivity contribution in [1.82, 2.24) is 30.9 Å². The molecule has 0 fully saturated rings. The van der Waals surface area contributed by atoms with Crippen LogP contribution >= 0.6 is 0 Å². The lowest BCUT2D eigenvalue weighted by Crippen LogP contribution is -2.58. The van der Waals surface area contributed by atoms with Crippen molar-refractivity contribution in [3.05, 3.63) is 54.2 Å². The van der Waals surface area contributed by atoms with Gasteiger partial charge in [0.1, 0.15) is 18.1 Å². The number of aromatic amines is 2. The Balaban J connectivity index is 1.79. The minimum absolute atomic E-state index is 0.0616. The van der Waals surface area contributed by atoms with Crippen LogP contribution in [0.5, 0.6) is 0 Å². The van der Waals surface area contributed by atoms with Crippen LogP contribution in [-0.4, -0.2) is 79.7 Å². The average molecular weight is 570 g/mol. The van der Waals surface area contributed by atoms with Crippen LogP contribution in [0.3, 0.4) is 0 Å². The summed E-state index contributed by atoms with van der Waals surface area (Å²) in [5, 5.41) is 17.7. The second kappa shape index (κ2) is 13.7. The Bertz CT molecular complexity index is 1420. The Morgan fingerprint density at radius 2 is 1.46 bits per heavy atom. The van der Waals surface area contributed by atoms with E-state index < -0.39 is 72.5 Å². The SMILES string of the molecule is NC(=O)CC(N)C(=O)NC(CC(N)=O)C(=O)NC(Cc1cnc[nH]1)C(=O)NC(Cc1c[nH]c2ccccc12)C(=O)O. The summed E-state index contributed by atoms with van der Waals surface area (Å²) >= 11 is 0. The van der Waals surface area contributed by atoms with Gasteiger partial charge in [-0.25, -0.2) is 9.78 Å². The van der Waals surface area contributed by atoms with Gasteiger partial charge in [0.2, 0.25) is 29.5 Å². The van der Waals surface area contributed by atoms with E-state index in [9.17, 15) is 33.9 Å². The maximum Gasteiger partial charge on any atom is 0.326 e. The number of nitrogens with zero attached hydrogens (tertiary/aromatic N) is 1. The van der Waals surface area contributed by atoms with Gasteiger partial charge >= 0.3 is 5.97 Å². The van der Waals surface area contributed by atoms with Gasteiger partial charge in [-0.05, 0) is 11.6 Å². The Hall–Kier alpha value is -5.25. The smallest absolute Gasteiger partial charge is 0.326 e. The molecule has 3 aromatic rings. The van der Waals surface area contributed by atoms with E-state index in [-0.39, 0.29) is 12.8 Å². The summed E-state index contributed by atoms with van der Waals surface area (Å²) in [7, 11) is 0. The third-order valence-corrected chi connectivity index (χ3v) is 6.12. The molecule has 0 bridgehead atoms. The maximum atomic E-state index is 13.3. The van der Waals surface area contributed by atoms with E-state index in [4.69, 9.17) is 17.2 Å². The zero-order valence-corrected chi connectivity index (χ0v) is 21.8. The van der Waals surface area contributed by atoms with E-state index in [1.165, 1.54) is 12.5 Å². The van der Waals surface area contributed by atoms with Crippen LogP contribution in [0, 0.1) is 0 Å². The van der Waals surface area contributed by atoms with Crippen LogP contribution < -0.4 is 33.2 Å². The van der Waals surface area contributed by atoms with Gasteiger partial charge in [0.15, 0.2) is 0 Å². The number of imidazole rings is 1. The molecular formula is C25H31N9O7. The van der Waals surface area contributed by atoms with Gasteiger partial charge in [0.25, 0.3) is 0 Å². The number of carboxylic acids is 1. The summed E-state index contributed by atoms with van der Waals surface area (Å²) in [5.74, 6) is -5.91. The predicted octanol–water partition coefficient (Wildman–Crippen LogP) is -2.71. The molecule has 0 spiro atoms. The molecule has 12 N–H and O–H groups in total. The summed E-state index contributed by atoms with van der Waals surface area (Å²) < 4.78 is 0. The number of hydrogen-bond acceptors (Lipinski definition) is 8. The predicted molar refractivity (Wildman–Crippen MR) is 143 cm³/mol. The monoisotopic (exact) mass is 569 g/mol. The number of benzene rings is 1. The molecule has 4 unspecified atom stereocenters. The second-order valence-electron chi connectivity index (χ2n) is 9.31. The zero-order valence-electron chi connectivity index (χ0n) is 21.8. The molecule has 2 aromatic heterocycles. The fourth-order valence-corrected chi connectivity index (χ4v) is 4.09. The first-order valence-electron chi connectivity index (χ1n) is 12.4. The molecule has 5 amide bonds. The quantitative estimate of drug-likeness (QED) is 0.0918. The van der Waals surface area contributed by atoms with Crippen molar-refractivity contribution in [1.29, 1.82) is 0 Å². The van der Waals surface area contributed by atoms with Crippen LogP contribution in [-0.2, 0) is 41.6 Å². The highest BCUT2D eigenvalue weighted by Crippen LogP contribution is 2.19. The van der Waals surface area contributed by atoms with Gasteiger partial charge < -0.3 is 48.2 Å². The van der Waals surface area contributed by atoms with Crippen molar-refractivity contribution in [2.75, 3.05) is 0 Å². The topological polar surface area (TPSA) is 281 Å². The van der Waals surface area contributed by atoms with E-state index in [1.807, 2.05) is 18.2 Å². The lowest BCUT2D eigenvalue weighted by atomic mass is 10.0. The summed E-state index contributed by atoms with van der Waals surface area (Å²) in [4.78, 5) is 83.3. The molecule has 4 atom stereocenters. The number of para-hydroxylation sites is 1. The van der Waals surface area contributed by atoms with Crippen LogP contribution in [0.15, 0.2) is 43.0 Å². The number of fused-ring (bicyclic) bond motifs is 1. The average Bonchev–Trinajstić information content (AvgIpc) is 3.56. The van der Waals surface area contributed by atoms with Gasteiger partial charge in [-0.2, -0.15) is 0 Å². The molecule has 0 saturated heterocycles. The van der Waals surface area contributed by atoms with E-state index in [2.05, 4.69) is 30.9 Å². The van der Waals surface area contributed by atoms with Crippen LogP contribution in [0.4, 0.5) is 0 Å². The van der Waals surface area contributed by atoms with Crippen molar-refractivity contribution in [2.45, 2.75) is 49.9 Å². The van der Waals surface area contributed by atoms with Crippen molar-refractivity contribution >= 4 is 46.4 Å². The van der Waals surface area contributed by atoms with Gasteiger partial charge in [-0.15, -0.1) is 0 Å². The molecule has 1 aromatic carbocycles. The molecule has 0 radical (unpaired) electrons. The second-order valence-corrected chi connectivity index (χ2v) is 9.31. The van der Waals surface area contributed by atoms with Crippen molar-refractivity contribution in [3.63, 3.8) is 0 Å². The number of hydrogen-bond donors (Lipinski definition) is 9. The first kappa shape index (κ1) is 30.3. The Morgan fingerprint density at radius 3 is 2.10 bits per heavy atom. The Labute approximate surface area is 232 Å². The van der Waals surface area contributed by atoms with Gasteiger partial charge in [0.05, 0.1) is 25.2 Å². The van der Waals surface area contributed by atoms with Crippen molar-refractivity contribution in [3.8, 4) is 0 Å². The number of nitrogens with one attached hydrogen (secondary N) is 5. The zero-order chi connectivity index (χ0) is 30.1. The minimum Gasteiger partial charge on any atom is -0.480 e. The van der Waals surface area contributed by atoms with Gasteiger partial charge in [0, 0.05) is 41.8 Å². The van der Waals surface area contributed by atoms with Crippen molar-refractivity contribution in [2.24, 2.45) is 17.2 Å². The Morgan fingerprint density at radius 1 is 0.829 bits per heavy atom. The number of rotatable bonds is 15. The molecular weight excluding hydrogens is 538 g/mol. The molecule has 2 heterocycles. The summed E-state index contributed by atoms with van der Waals surface area (Å²) in [5.41, 5.74) is 17.8. The number of carbonyl (C=O) groups excluding carboxylic acids is 5.